The van der Waals surface area contributed by atoms with E-state index in [0.29, 0.717) is 5.78 Å². The summed E-state index contributed by atoms with van der Waals surface area (Å²) in [6.07, 6.45) is 9.06. The van der Waals surface area contributed by atoms with Crippen LogP contribution in [-0.2, 0) is 4.79 Å². The van der Waals surface area contributed by atoms with E-state index in [2.05, 4.69) is 0 Å². The highest BCUT2D eigenvalue weighted by atomic mass is 16.1. The summed E-state index contributed by atoms with van der Waals surface area (Å²) in [5.41, 5.74) is 3.26. The molecule has 2 rings (SSSR count). The molecular weight excluding hydrogens is 148 g/mol. The van der Waals surface area contributed by atoms with Gasteiger partial charge in [-0.15, -0.1) is 0 Å². The van der Waals surface area contributed by atoms with Crippen molar-refractivity contribution in [1.82, 2.24) is 0 Å². The number of rotatable bonds is 0. The Morgan fingerprint density at radius 2 is 1.17 bits per heavy atom. The van der Waals surface area contributed by atoms with E-state index in [1.807, 2.05) is 0 Å². The van der Waals surface area contributed by atoms with Gasteiger partial charge in [0.2, 0.25) is 0 Å². The van der Waals surface area contributed by atoms with Crippen molar-refractivity contribution in [2.75, 3.05) is 0 Å². The van der Waals surface area contributed by atoms with Crippen LogP contribution >= 0.6 is 0 Å². The van der Waals surface area contributed by atoms with Crippen LogP contribution in [0.2, 0.25) is 0 Å². The molecule has 0 aromatic rings. The summed E-state index contributed by atoms with van der Waals surface area (Å²) in [5, 5.41) is 0. The van der Waals surface area contributed by atoms with Crippen LogP contribution in [0.5, 0.6) is 0 Å². The molecule has 0 saturated heterocycles. The second kappa shape index (κ2) is 3.42. The molecule has 0 aromatic heterocycles. The summed E-state index contributed by atoms with van der Waals surface area (Å²) >= 11 is 0. The Bertz CT molecular complexity index is 203. The number of carbonyl (C=O) groups is 1. The first-order valence-corrected chi connectivity index (χ1v) is 5.08. The van der Waals surface area contributed by atoms with Crippen molar-refractivity contribution in [3.63, 3.8) is 0 Å². The Morgan fingerprint density at radius 1 is 0.667 bits per heavy atom. The normalized spacial score (nSPS) is 25.2. The Hall–Kier alpha value is -0.590. The molecule has 0 saturated carbocycles. The minimum Gasteiger partial charge on any atom is -0.300 e. The maximum Gasteiger partial charge on any atom is 0.133 e. The van der Waals surface area contributed by atoms with Gasteiger partial charge in [0, 0.05) is 12.8 Å². The van der Waals surface area contributed by atoms with Gasteiger partial charge in [-0.1, -0.05) is 11.1 Å². The SMILES string of the molecule is O=C1CCC2=C(CCCC2)CC1. The lowest BCUT2D eigenvalue weighted by Gasteiger charge is -2.17. The maximum atomic E-state index is 11.2. The van der Waals surface area contributed by atoms with E-state index in [1.54, 1.807) is 11.1 Å². The van der Waals surface area contributed by atoms with Crippen molar-refractivity contribution < 1.29 is 4.79 Å². The number of allylic oxidation sites excluding steroid dienone is 2. The molecule has 0 aromatic carbocycles. The first-order valence-electron chi connectivity index (χ1n) is 5.08. The highest BCUT2D eigenvalue weighted by molar-refractivity contribution is 5.79. The fourth-order valence-electron chi connectivity index (χ4n) is 2.34. The van der Waals surface area contributed by atoms with Crippen LogP contribution in [0.25, 0.3) is 0 Å². The van der Waals surface area contributed by atoms with Crippen molar-refractivity contribution >= 4 is 5.78 Å². The Balaban J connectivity index is 2.12. The average molecular weight is 164 g/mol. The second-order valence-electron chi connectivity index (χ2n) is 3.95. The predicted molar refractivity (Wildman–Crippen MR) is 49.0 cm³/mol. The smallest absolute Gasteiger partial charge is 0.133 e. The molecule has 0 N–H and O–H groups in total. The van der Waals surface area contributed by atoms with Gasteiger partial charge in [-0.05, 0) is 38.5 Å². The minimum absolute atomic E-state index is 0.476. The van der Waals surface area contributed by atoms with Crippen LogP contribution < -0.4 is 0 Å². The Kier molecular flexibility index (Phi) is 2.29. The number of hydrogen-bond donors (Lipinski definition) is 0. The van der Waals surface area contributed by atoms with E-state index in [9.17, 15) is 4.79 Å². The lowest BCUT2D eigenvalue weighted by atomic mass is 9.89. The van der Waals surface area contributed by atoms with Gasteiger partial charge in [0.15, 0.2) is 0 Å². The van der Waals surface area contributed by atoms with E-state index in [4.69, 9.17) is 0 Å². The molecule has 0 spiro atoms. The summed E-state index contributed by atoms with van der Waals surface area (Å²) < 4.78 is 0. The Labute approximate surface area is 73.8 Å². The lowest BCUT2D eigenvalue weighted by molar-refractivity contribution is -0.118. The summed E-state index contributed by atoms with van der Waals surface area (Å²) in [4.78, 5) is 11.2. The van der Waals surface area contributed by atoms with Crippen molar-refractivity contribution in [2.24, 2.45) is 0 Å². The lowest BCUT2D eigenvalue weighted by Crippen LogP contribution is -1.97. The molecule has 1 heteroatoms. The van der Waals surface area contributed by atoms with Crippen LogP contribution in [0.15, 0.2) is 11.1 Å². The fourth-order valence-corrected chi connectivity index (χ4v) is 2.34. The third-order valence-corrected chi connectivity index (χ3v) is 3.12. The highest BCUT2D eigenvalue weighted by Crippen LogP contribution is 2.33. The van der Waals surface area contributed by atoms with Gasteiger partial charge in [0.25, 0.3) is 0 Å². The molecule has 0 heterocycles. The molecule has 0 atom stereocenters. The molecule has 2 aliphatic rings. The molecule has 66 valence electrons. The summed E-state index contributed by atoms with van der Waals surface area (Å²) in [6.45, 7) is 0. The molecule has 0 unspecified atom stereocenters. The highest BCUT2D eigenvalue weighted by Gasteiger charge is 2.17. The molecule has 0 aliphatic heterocycles. The summed E-state index contributed by atoms with van der Waals surface area (Å²) in [5.74, 6) is 0.476. The van der Waals surface area contributed by atoms with E-state index in [1.165, 1.54) is 25.7 Å². The average Bonchev–Trinajstić information content (AvgIpc) is 2.29. The molecule has 1 nitrogen and oxygen atoms in total. The van der Waals surface area contributed by atoms with E-state index < -0.39 is 0 Å². The van der Waals surface area contributed by atoms with Gasteiger partial charge >= 0.3 is 0 Å². The standard InChI is InChI=1S/C11H16O/c12-11-7-5-9-3-1-2-4-10(9)6-8-11/h1-8H2. The van der Waals surface area contributed by atoms with Crippen molar-refractivity contribution in [2.45, 2.75) is 51.4 Å². The molecule has 0 amide bonds. The quantitative estimate of drug-likeness (QED) is 0.503. The zero-order valence-electron chi connectivity index (χ0n) is 7.57. The molecule has 0 bridgehead atoms. The number of Topliss-reactive ketones (excluding diaryl/α,β-unsaturated/α-hetero) is 1. The zero-order chi connectivity index (χ0) is 8.39. The monoisotopic (exact) mass is 164 g/mol. The van der Waals surface area contributed by atoms with E-state index >= 15 is 0 Å². The second-order valence-corrected chi connectivity index (χ2v) is 3.95. The molecule has 0 fully saturated rings. The number of hydrogen-bond acceptors (Lipinski definition) is 1. The van der Waals surface area contributed by atoms with Gasteiger partial charge in [0.1, 0.15) is 5.78 Å². The van der Waals surface area contributed by atoms with Crippen LogP contribution in [0.1, 0.15) is 51.4 Å². The van der Waals surface area contributed by atoms with Crippen molar-refractivity contribution in [3.8, 4) is 0 Å². The topological polar surface area (TPSA) is 17.1 Å². The third kappa shape index (κ3) is 1.60. The molecule has 0 radical (unpaired) electrons. The molecule has 2 aliphatic carbocycles. The van der Waals surface area contributed by atoms with Crippen LogP contribution in [-0.4, -0.2) is 5.78 Å². The Morgan fingerprint density at radius 3 is 1.67 bits per heavy atom. The van der Waals surface area contributed by atoms with Gasteiger partial charge < -0.3 is 0 Å². The summed E-state index contributed by atoms with van der Waals surface area (Å²) in [7, 11) is 0. The molecule has 12 heavy (non-hydrogen) atoms. The van der Waals surface area contributed by atoms with Crippen LogP contribution in [0.4, 0.5) is 0 Å². The van der Waals surface area contributed by atoms with Gasteiger partial charge in [-0.25, -0.2) is 0 Å². The first-order chi connectivity index (χ1) is 5.86. The van der Waals surface area contributed by atoms with Gasteiger partial charge in [-0.3, -0.25) is 4.79 Å². The van der Waals surface area contributed by atoms with E-state index in [0.717, 1.165) is 25.7 Å². The number of ketones is 1. The third-order valence-electron chi connectivity index (χ3n) is 3.12. The largest absolute Gasteiger partial charge is 0.300 e. The van der Waals surface area contributed by atoms with Crippen LogP contribution in [0.3, 0.4) is 0 Å². The van der Waals surface area contributed by atoms with Gasteiger partial charge in [0.05, 0.1) is 0 Å². The van der Waals surface area contributed by atoms with Crippen molar-refractivity contribution in [3.05, 3.63) is 11.1 Å². The zero-order valence-corrected chi connectivity index (χ0v) is 7.57. The van der Waals surface area contributed by atoms with Gasteiger partial charge in [-0.2, -0.15) is 0 Å². The summed E-state index contributed by atoms with van der Waals surface area (Å²) in [6, 6.07) is 0. The number of carbonyl (C=O) groups excluding carboxylic acids is 1. The van der Waals surface area contributed by atoms with Crippen molar-refractivity contribution in [1.29, 1.82) is 0 Å². The predicted octanol–water partition coefficient (Wildman–Crippen LogP) is 3.00. The fraction of sp³-hybridized carbons (Fsp3) is 0.727. The van der Waals surface area contributed by atoms with E-state index in [-0.39, 0.29) is 0 Å². The van der Waals surface area contributed by atoms with Crippen LogP contribution in [0, 0.1) is 0 Å². The first kappa shape index (κ1) is 8.03. The molecular formula is C11H16O. The maximum absolute atomic E-state index is 11.2. The minimum atomic E-state index is 0.476.